The van der Waals surface area contributed by atoms with Crippen LogP contribution in [0.2, 0.25) is 0 Å². The summed E-state index contributed by atoms with van der Waals surface area (Å²) >= 11 is -1.39. The lowest BCUT2D eigenvalue weighted by Crippen LogP contribution is -2.35. The molecule has 2 aliphatic rings. The van der Waals surface area contributed by atoms with Crippen LogP contribution in [0.25, 0.3) is 11.1 Å². The van der Waals surface area contributed by atoms with Crippen molar-refractivity contribution in [1.82, 2.24) is 4.90 Å². The molecule has 2 N–H and O–H groups in total. The zero-order chi connectivity index (χ0) is 25.4. The molecule has 0 spiro atoms. The molecular formula is C30H33NO4S. The number of fused-ring (bicyclic) bond motifs is 1. The first-order valence-electron chi connectivity index (χ1n) is 12.5. The second-order valence-corrected chi connectivity index (χ2v) is 11.6. The second-order valence-electron chi connectivity index (χ2n) is 10.1. The van der Waals surface area contributed by atoms with Crippen molar-refractivity contribution >= 4 is 22.3 Å². The number of phenols is 2. The van der Waals surface area contributed by atoms with E-state index in [9.17, 15) is 14.8 Å². The predicted octanol–water partition coefficient (Wildman–Crippen LogP) is 6.00. The van der Waals surface area contributed by atoms with Crippen LogP contribution in [0.15, 0.2) is 71.6 Å². The van der Waals surface area contributed by atoms with Crippen LogP contribution in [0.1, 0.15) is 49.1 Å². The van der Waals surface area contributed by atoms with Crippen molar-refractivity contribution in [3.8, 4) is 17.2 Å². The molecular weight excluding hydrogens is 470 g/mol. The van der Waals surface area contributed by atoms with Gasteiger partial charge in [0.25, 0.3) is 0 Å². The van der Waals surface area contributed by atoms with Gasteiger partial charge >= 0.3 is 0 Å². The Morgan fingerprint density at radius 3 is 2.50 bits per heavy atom. The van der Waals surface area contributed by atoms with Gasteiger partial charge in [-0.3, -0.25) is 4.90 Å². The Bertz CT molecular complexity index is 1270. The summed E-state index contributed by atoms with van der Waals surface area (Å²) in [5.74, 6) is 1.83. The van der Waals surface area contributed by atoms with Gasteiger partial charge in [0.15, 0.2) is 10.1 Å². The van der Waals surface area contributed by atoms with Gasteiger partial charge in [-0.05, 0) is 110 Å². The van der Waals surface area contributed by atoms with Crippen molar-refractivity contribution in [2.75, 3.05) is 19.7 Å². The van der Waals surface area contributed by atoms with Gasteiger partial charge in [-0.2, -0.15) is 0 Å². The van der Waals surface area contributed by atoms with Crippen molar-refractivity contribution in [3.05, 3.63) is 83.4 Å². The summed E-state index contributed by atoms with van der Waals surface area (Å²) in [4.78, 5) is 3.18. The minimum Gasteiger partial charge on any atom is -0.611 e. The number of nitrogens with zero attached hydrogens (tertiary/aromatic N) is 1. The third kappa shape index (κ3) is 4.85. The molecule has 0 aromatic heterocycles. The second kappa shape index (κ2) is 10.2. The number of allylic oxidation sites excluding steroid dienone is 1. The molecule has 0 aliphatic carbocycles. The van der Waals surface area contributed by atoms with Crippen LogP contribution in [0.5, 0.6) is 17.2 Å². The van der Waals surface area contributed by atoms with E-state index in [0.29, 0.717) is 17.5 Å². The summed E-state index contributed by atoms with van der Waals surface area (Å²) in [6, 6.07) is 20.3. The molecule has 0 saturated carbocycles. The number of hydrogen-bond acceptors (Lipinski definition) is 5. The summed E-state index contributed by atoms with van der Waals surface area (Å²) in [6.07, 6.45) is 1.24. The number of aromatic hydroxyl groups is 2. The highest BCUT2D eigenvalue weighted by molar-refractivity contribution is 7.92. The Labute approximate surface area is 216 Å². The topological polar surface area (TPSA) is 76.0 Å². The van der Waals surface area contributed by atoms with Crippen LogP contribution >= 0.6 is 0 Å². The van der Waals surface area contributed by atoms with Gasteiger partial charge in [0.1, 0.15) is 23.9 Å². The maximum Gasteiger partial charge on any atom is 0.172 e. The molecule has 36 heavy (non-hydrogen) atoms. The molecule has 5 nitrogen and oxygen atoms in total. The number of likely N-dealkylation sites (tertiary alicyclic amines) is 1. The number of hydrogen-bond donors (Lipinski definition) is 2. The highest BCUT2D eigenvalue weighted by Gasteiger charge is 2.39. The third-order valence-corrected chi connectivity index (χ3v) is 9.10. The van der Waals surface area contributed by atoms with E-state index in [2.05, 4.69) is 18.7 Å². The fourth-order valence-corrected chi connectivity index (χ4v) is 7.14. The SMILES string of the molecule is CC1=C(c2cccc(O)c2)C(c2ccc(OC[C@H](C)N3CC[C@@H](C)C3)cc2)[S+]([O-])c2ccc(O)cc21. The summed E-state index contributed by atoms with van der Waals surface area (Å²) in [7, 11) is 0. The number of benzene rings is 3. The lowest BCUT2D eigenvalue weighted by molar-refractivity contribution is 0.169. The summed E-state index contributed by atoms with van der Waals surface area (Å²) in [5.41, 5.74) is 4.32. The Kier molecular flexibility index (Phi) is 7.02. The van der Waals surface area contributed by atoms with E-state index in [1.807, 2.05) is 37.3 Å². The van der Waals surface area contributed by atoms with Crippen LogP contribution < -0.4 is 4.74 Å². The molecule has 188 valence electrons. The lowest BCUT2D eigenvalue weighted by atomic mass is 9.89. The Morgan fingerprint density at radius 1 is 1.06 bits per heavy atom. The maximum absolute atomic E-state index is 13.9. The van der Waals surface area contributed by atoms with Crippen LogP contribution in [0.3, 0.4) is 0 Å². The first-order valence-corrected chi connectivity index (χ1v) is 13.7. The van der Waals surface area contributed by atoms with Gasteiger partial charge in [-0.15, -0.1) is 0 Å². The first kappa shape index (κ1) is 24.8. The van der Waals surface area contributed by atoms with Crippen LogP contribution in [-0.2, 0) is 11.2 Å². The standard InChI is InChI=1S/C30H33NO4S/c1-19-13-14-31(17-19)20(2)18-35-26-10-7-22(8-11-26)30-29(23-5-4-6-24(32)15-23)21(3)27-16-25(33)9-12-28(27)36(30)34/h4-12,15-16,19-20,30,32-33H,13-14,17-18H2,1-3H3/t19-,20+,30?,36?/m1/s1. The van der Waals surface area contributed by atoms with Gasteiger partial charge in [0.05, 0.1) is 0 Å². The minimum absolute atomic E-state index is 0.137. The molecule has 0 bridgehead atoms. The predicted molar refractivity (Wildman–Crippen MR) is 145 cm³/mol. The fourth-order valence-electron chi connectivity index (χ4n) is 5.32. The molecule has 3 aromatic rings. The van der Waals surface area contributed by atoms with E-state index in [1.165, 1.54) is 6.42 Å². The maximum atomic E-state index is 13.9. The van der Waals surface area contributed by atoms with Crippen LogP contribution in [-0.4, -0.2) is 45.4 Å². The van der Waals surface area contributed by atoms with E-state index >= 15 is 0 Å². The van der Waals surface area contributed by atoms with E-state index in [0.717, 1.165) is 52.6 Å². The van der Waals surface area contributed by atoms with Crippen molar-refractivity contribution in [3.63, 3.8) is 0 Å². The van der Waals surface area contributed by atoms with Crippen molar-refractivity contribution in [1.29, 1.82) is 0 Å². The molecule has 0 radical (unpaired) electrons. The fraction of sp³-hybridized carbons (Fsp3) is 0.333. The summed E-state index contributed by atoms with van der Waals surface area (Å²) in [5, 5.41) is 19.9. The van der Waals surface area contributed by atoms with Gasteiger partial charge in [-0.1, -0.05) is 19.1 Å². The van der Waals surface area contributed by atoms with E-state index in [-0.39, 0.29) is 11.5 Å². The summed E-state index contributed by atoms with van der Waals surface area (Å²) < 4.78 is 20.0. The summed E-state index contributed by atoms with van der Waals surface area (Å²) in [6.45, 7) is 9.37. The molecule has 1 saturated heterocycles. The zero-order valence-electron chi connectivity index (χ0n) is 21.0. The van der Waals surface area contributed by atoms with E-state index < -0.39 is 16.4 Å². The van der Waals surface area contributed by atoms with Gasteiger partial charge in [-0.25, -0.2) is 0 Å². The van der Waals surface area contributed by atoms with Crippen molar-refractivity contribution in [2.45, 2.75) is 43.4 Å². The molecule has 2 heterocycles. The number of rotatable bonds is 6. The highest BCUT2D eigenvalue weighted by Crippen LogP contribution is 2.50. The third-order valence-electron chi connectivity index (χ3n) is 7.37. The molecule has 4 atom stereocenters. The average Bonchev–Trinajstić information content (AvgIpc) is 3.31. The Balaban J connectivity index is 1.45. The lowest BCUT2D eigenvalue weighted by Gasteiger charge is -2.32. The molecule has 3 aromatic carbocycles. The quantitative estimate of drug-likeness (QED) is 0.404. The highest BCUT2D eigenvalue weighted by atomic mass is 32.2. The Hall–Kier alpha value is -2.93. The Morgan fingerprint density at radius 2 is 1.81 bits per heavy atom. The number of ether oxygens (including phenoxy) is 1. The van der Waals surface area contributed by atoms with Gasteiger partial charge < -0.3 is 19.5 Å². The molecule has 6 heteroatoms. The zero-order valence-corrected chi connectivity index (χ0v) is 21.8. The molecule has 0 amide bonds. The van der Waals surface area contributed by atoms with Crippen molar-refractivity contribution in [2.24, 2.45) is 5.92 Å². The molecule has 5 rings (SSSR count). The van der Waals surface area contributed by atoms with Crippen LogP contribution in [0, 0.1) is 5.92 Å². The first-order chi connectivity index (χ1) is 17.3. The van der Waals surface area contributed by atoms with Gasteiger partial charge in [0.2, 0.25) is 0 Å². The largest absolute Gasteiger partial charge is 0.611 e. The molecule has 2 unspecified atom stereocenters. The molecule has 2 aliphatic heterocycles. The smallest absolute Gasteiger partial charge is 0.172 e. The van der Waals surface area contributed by atoms with Gasteiger partial charge in [0, 0.05) is 29.3 Å². The monoisotopic (exact) mass is 503 g/mol. The van der Waals surface area contributed by atoms with E-state index in [1.54, 1.807) is 36.4 Å². The average molecular weight is 504 g/mol. The van der Waals surface area contributed by atoms with Crippen molar-refractivity contribution < 1.29 is 19.5 Å². The van der Waals surface area contributed by atoms with E-state index in [4.69, 9.17) is 4.74 Å². The number of phenolic OH excluding ortho intramolecular Hbond substituents is 2. The normalized spacial score (nSPS) is 22.9. The van der Waals surface area contributed by atoms with Crippen LogP contribution in [0.4, 0.5) is 0 Å². The minimum atomic E-state index is -1.39. The molecule has 1 fully saturated rings.